The standard InChI is InChI=1S/C14H21NO2/c1-14(2,3)12-8-5-4-7-11(12)13(17)15-9-6-10-16/h4-5,7-8,16H,6,9-10H2,1-3H3,(H,15,17). The monoisotopic (exact) mass is 235 g/mol. The third-order valence-electron chi connectivity index (χ3n) is 2.60. The van der Waals surface area contributed by atoms with Crippen molar-refractivity contribution in [3.8, 4) is 0 Å². The van der Waals surface area contributed by atoms with E-state index in [4.69, 9.17) is 5.11 Å². The fourth-order valence-electron chi connectivity index (χ4n) is 1.71. The molecule has 0 atom stereocenters. The zero-order valence-electron chi connectivity index (χ0n) is 10.8. The van der Waals surface area contributed by atoms with Crippen LogP contribution in [0, 0.1) is 0 Å². The molecule has 0 radical (unpaired) electrons. The van der Waals surface area contributed by atoms with Gasteiger partial charge in [-0.15, -0.1) is 0 Å². The Hall–Kier alpha value is -1.35. The van der Waals surface area contributed by atoms with Gasteiger partial charge >= 0.3 is 0 Å². The Bertz CT molecular complexity index is 380. The molecule has 0 aliphatic heterocycles. The third-order valence-corrected chi connectivity index (χ3v) is 2.60. The van der Waals surface area contributed by atoms with Gasteiger partial charge in [0, 0.05) is 18.7 Å². The summed E-state index contributed by atoms with van der Waals surface area (Å²) >= 11 is 0. The fourth-order valence-corrected chi connectivity index (χ4v) is 1.71. The third kappa shape index (κ3) is 3.86. The molecule has 0 aliphatic carbocycles. The lowest BCUT2D eigenvalue weighted by Gasteiger charge is -2.22. The van der Waals surface area contributed by atoms with Gasteiger partial charge in [-0.2, -0.15) is 0 Å². The first-order valence-electron chi connectivity index (χ1n) is 5.95. The van der Waals surface area contributed by atoms with Crippen LogP contribution in [0.1, 0.15) is 43.1 Å². The second-order valence-corrected chi connectivity index (χ2v) is 5.13. The molecule has 0 fully saturated rings. The summed E-state index contributed by atoms with van der Waals surface area (Å²) in [5.41, 5.74) is 1.71. The first-order chi connectivity index (χ1) is 7.96. The van der Waals surface area contributed by atoms with Gasteiger partial charge < -0.3 is 10.4 Å². The molecule has 0 heterocycles. The maximum absolute atomic E-state index is 12.0. The quantitative estimate of drug-likeness (QED) is 0.785. The van der Waals surface area contributed by atoms with Gasteiger partial charge in [-0.3, -0.25) is 4.79 Å². The molecule has 1 aromatic carbocycles. The highest BCUT2D eigenvalue weighted by Gasteiger charge is 2.20. The number of hydrogen-bond acceptors (Lipinski definition) is 2. The molecular formula is C14H21NO2. The predicted molar refractivity (Wildman–Crippen MR) is 69.2 cm³/mol. The highest BCUT2D eigenvalue weighted by molar-refractivity contribution is 5.96. The summed E-state index contributed by atoms with van der Waals surface area (Å²) in [6.07, 6.45) is 0.587. The van der Waals surface area contributed by atoms with E-state index in [2.05, 4.69) is 26.1 Å². The van der Waals surface area contributed by atoms with Gasteiger partial charge in [0.2, 0.25) is 0 Å². The van der Waals surface area contributed by atoms with Crippen LogP contribution in [0.25, 0.3) is 0 Å². The summed E-state index contributed by atoms with van der Waals surface area (Å²) in [5.74, 6) is -0.0658. The molecule has 1 amide bonds. The Labute approximate surface area is 103 Å². The number of carbonyl (C=O) groups is 1. The molecule has 0 unspecified atom stereocenters. The van der Waals surface area contributed by atoms with Crippen molar-refractivity contribution >= 4 is 5.91 Å². The molecule has 2 N–H and O–H groups in total. The molecule has 0 saturated carbocycles. The van der Waals surface area contributed by atoms with Gasteiger partial charge in [-0.1, -0.05) is 39.0 Å². The van der Waals surface area contributed by atoms with Crippen molar-refractivity contribution in [3.63, 3.8) is 0 Å². The highest BCUT2D eigenvalue weighted by atomic mass is 16.3. The number of amides is 1. The van der Waals surface area contributed by atoms with Crippen molar-refractivity contribution < 1.29 is 9.90 Å². The molecular weight excluding hydrogens is 214 g/mol. The smallest absolute Gasteiger partial charge is 0.251 e. The Morgan fingerprint density at radius 1 is 1.29 bits per heavy atom. The number of aliphatic hydroxyl groups is 1. The van der Waals surface area contributed by atoms with Crippen LogP contribution in [0.3, 0.4) is 0 Å². The molecule has 3 nitrogen and oxygen atoms in total. The first-order valence-corrected chi connectivity index (χ1v) is 5.95. The van der Waals surface area contributed by atoms with Crippen molar-refractivity contribution in [3.05, 3.63) is 35.4 Å². The van der Waals surface area contributed by atoms with E-state index in [9.17, 15) is 4.79 Å². The van der Waals surface area contributed by atoms with Crippen molar-refractivity contribution in [1.82, 2.24) is 5.32 Å². The van der Waals surface area contributed by atoms with Crippen molar-refractivity contribution in [1.29, 1.82) is 0 Å². The van der Waals surface area contributed by atoms with Crippen molar-refractivity contribution in [2.45, 2.75) is 32.6 Å². The van der Waals surface area contributed by atoms with Crippen LogP contribution < -0.4 is 5.32 Å². The normalized spacial score (nSPS) is 11.3. The van der Waals surface area contributed by atoms with E-state index in [1.807, 2.05) is 24.3 Å². The number of hydrogen-bond donors (Lipinski definition) is 2. The predicted octanol–water partition coefficient (Wildman–Crippen LogP) is 2.10. The summed E-state index contributed by atoms with van der Waals surface area (Å²) in [6, 6.07) is 7.65. The number of nitrogens with one attached hydrogen (secondary N) is 1. The molecule has 17 heavy (non-hydrogen) atoms. The van der Waals surface area contributed by atoms with Crippen molar-refractivity contribution in [2.24, 2.45) is 0 Å². The van der Waals surface area contributed by atoms with E-state index >= 15 is 0 Å². The molecule has 3 heteroatoms. The lowest BCUT2D eigenvalue weighted by molar-refractivity contribution is 0.0949. The Balaban J connectivity index is 2.86. The molecule has 0 spiro atoms. The number of carbonyl (C=O) groups excluding carboxylic acids is 1. The number of aliphatic hydroxyl groups excluding tert-OH is 1. The van der Waals surface area contributed by atoms with Crippen LogP contribution in [0.5, 0.6) is 0 Å². The van der Waals surface area contributed by atoms with E-state index in [1.165, 1.54) is 0 Å². The molecule has 1 rings (SSSR count). The second-order valence-electron chi connectivity index (χ2n) is 5.13. The molecule has 0 saturated heterocycles. The number of benzene rings is 1. The van der Waals surface area contributed by atoms with Crippen LogP contribution >= 0.6 is 0 Å². The minimum Gasteiger partial charge on any atom is -0.396 e. The van der Waals surface area contributed by atoms with Gasteiger partial charge in [-0.05, 0) is 23.5 Å². The topological polar surface area (TPSA) is 49.3 Å². The molecule has 94 valence electrons. The van der Waals surface area contributed by atoms with Crippen LogP contribution in [0.2, 0.25) is 0 Å². The molecule has 0 bridgehead atoms. The Morgan fingerprint density at radius 2 is 1.94 bits per heavy atom. The second kappa shape index (κ2) is 5.82. The maximum atomic E-state index is 12.0. The molecule has 0 aromatic heterocycles. The SMILES string of the molecule is CC(C)(C)c1ccccc1C(=O)NCCCO. The van der Waals surface area contributed by atoms with Gasteiger partial charge in [0.05, 0.1) is 0 Å². The van der Waals surface area contributed by atoms with Gasteiger partial charge in [-0.25, -0.2) is 0 Å². The molecule has 1 aromatic rings. The lowest BCUT2D eigenvalue weighted by atomic mass is 9.83. The average molecular weight is 235 g/mol. The average Bonchev–Trinajstić information content (AvgIpc) is 2.28. The van der Waals surface area contributed by atoms with E-state index in [-0.39, 0.29) is 17.9 Å². The van der Waals surface area contributed by atoms with Gasteiger partial charge in [0.15, 0.2) is 0 Å². The molecule has 0 aliphatic rings. The zero-order valence-corrected chi connectivity index (χ0v) is 10.8. The first kappa shape index (κ1) is 13.7. The van der Waals surface area contributed by atoms with Crippen molar-refractivity contribution in [2.75, 3.05) is 13.2 Å². The minimum absolute atomic E-state index is 0.0507. The maximum Gasteiger partial charge on any atom is 0.251 e. The summed E-state index contributed by atoms with van der Waals surface area (Å²) in [4.78, 5) is 12.0. The van der Waals surface area contributed by atoms with Crippen LogP contribution in [-0.4, -0.2) is 24.2 Å². The summed E-state index contributed by atoms with van der Waals surface area (Å²) in [6.45, 7) is 6.88. The van der Waals surface area contributed by atoms with Gasteiger partial charge in [0.1, 0.15) is 0 Å². The fraction of sp³-hybridized carbons (Fsp3) is 0.500. The summed E-state index contributed by atoms with van der Waals surface area (Å²) < 4.78 is 0. The zero-order chi connectivity index (χ0) is 12.9. The van der Waals surface area contributed by atoms with Crippen LogP contribution in [0.15, 0.2) is 24.3 Å². The van der Waals surface area contributed by atoms with Crippen LogP contribution in [0.4, 0.5) is 0 Å². The number of rotatable bonds is 4. The largest absolute Gasteiger partial charge is 0.396 e. The summed E-state index contributed by atoms with van der Waals surface area (Å²) in [7, 11) is 0. The summed E-state index contributed by atoms with van der Waals surface area (Å²) in [5, 5.41) is 11.5. The minimum atomic E-state index is -0.0658. The van der Waals surface area contributed by atoms with Crippen LogP contribution in [-0.2, 0) is 5.41 Å². The van der Waals surface area contributed by atoms with E-state index in [1.54, 1.807) is 0 Å². The Morgan fingerprint density at radius 3 is 2.53 bits per heavy atom. The Kier molecular flexibility index (Phi) is 4.70. The van der Waals surface area contributed by atoms with E-state index in [0.717, 1.165) is 11.1 Å². The lowest BCUT2D eigenvalue weighted by Crippen LogP contribution is -2.28. The van der Waals surface area contributed by atoms with E-state index < -0.39 is 0 Å². The van der Waals surface area contributed by atoms with E-state index in [0.29, 0.717) is 13.0 Å². The van der Waals surface area contributed by atoms with Gasteiger partial charge in [0.25, 0.3) is 5.91 Å². The highest BCUT2D eigenvalue weighted by Crippen LogP contribution is 2.25.